The Morgan fingerprint density at radius 1 is 0.895 bits per heavy atom. The van der Waals surface area contributed by atoms with Crippen LogP contribution in [-0.2, 0) is 6.42 Å². The molecule has 0 N–H and O–H groups in total. The van der Waals surface area contributed by atoms with Crippen LogP contribution in [0, 0.1) is 0 Å². The molecule has 2 rings (SSSR count). The molecule has 0 aromatic heterocycles. The minimum absolute atomic E-state index is 0.207. The lowest BCUT2D eigenvalue weighted by Gasteiger charge is -2.11. The summed E-state index contributed by atoms with van der Waals surface area (Å²) in [5.74, 6) is 0. The number of hydrogen-bond acceptors (Lipinski definition) is 0. The van der Waals surface area contributed by atoms with E-state index in [0.29, 0.717) is 0 Å². The first-order valence-corrected chi connectivity index (χ1v) is 5.47. The van der Waals surface area contributed by atoms with E-state index in [2.05, 4.69) is 0 Å². The predicted octanol–water partition coefficient (Wildman–Crippen LogP) is 5.10. The van der Waals surface area contributed by atoms with Crippen molar-refractivity contribution >= 4 is 10.8 Å². The number of alkyl halides is 3. The maximum atomic E-state index is 12.4. The van der Waals surface area contributed by atoms with Crippen LogP contribution in [0.4, 0.5) is 22.0 Å². The third kappa shape index (κ3) is 3.10. The van der Waals surface area contributed by atoms with Crippen LogP contribution in [0.3, 0.4) is 0 Å². The molecule has 0 fully saturated rings. The fraction of sp³-hybridized carbons (Fsp3) is 0.143. The average molecular weight is 272 g/mol. The largest absolute Gasteiger partial charge is 0.418 e. The van der Waals surface area contributed by atoms with Crippen molar-refractivity contribution < 1.29 is 22.0 Å². The van der Waals surface area contributed by atoms with Crippen LogP contribution in [0.25, 0.3) is 10.8 Å². The van der Waals surface area contributed by atoms with Gasteiger partial charge >= 0.3 is 6.18 Å². The number of halogens is 5. The summed E-state index contributed by atoms with van der Waals surface area (Å²) in [7, 11) is 0. The highest BCUT2D eigenvalue weighted by Gasteiger charge is 2.37. The van der Waals surface area contributed by atoms with Gasteiger partial charge in [0.25, 0.3) is 6.08 Å². The molecule has 2 aromatic carbocycles. The van der Waals surface area contributed by atoms with Crippen LogP contribution < -0.4 is 0 Å². The fourth-order valence-electron chi connectivity index (χ4n) is 1.83. The van der Waals surface area contributed by atoms with Gasteiger partial charge in [-0.1, -0.05) is 42.5 Å². The van der Waals surface area contributed by atoms with Crippen molar-refractivity contribution in [2.45, 2.75) is 12.6 Å². The zero-order chi connectivity index (χ0) is 14.0. The molecule has 0 atom stereocenters. The van der Waals surface area contributed by atoms with Gasteiger partial charge in [-0.2, -0.15) is 22.0 Å². The third-order valence-corrected chi connectivity index (χ3v) is 2.77. The average Bonchev–Trinajstić information content (AvgIpc) is 2.34. The molecule has 0 amide bonds. The molecule has 0 saturated heterocycles. The smallest absolute Gasteiger partial charge is 0.173 e. The van der Waals surface area contributed by atoms with Crippen LogP contribution in [0.1, 0.15) is 5.56 Å². The van der Waals surface area contributed by atoms with Crippen molar-refractivity contribution in [3.8, 4) is 0 Å². The first-order chi connectivity index (χ1) is 8.88. The van der Waals surface area contributed by atoms with Crippen molar-refractivity contribution in [3.63, 3.8) is 0 Å². The van der Waals surface area contributed by atoms with E-state index < -0.39 is 24.3 Å². The van der Waals surface area contributed by atoms with Crippen molar-refractivity contribution in [3.05, 3.63) is 59.7 Å². The van der Waals surface area contributed by atoms with E-state index in [4.69, 9.17) is 0 Å². The summed E-state index contributed by atoms with van der Waals surface area (Å²) in [5.41, 5.74) is -1.58. The summed E-state index contributed by atoms with van der Waals surface area (Å²) in [6.07, 6.45) is -8.51. The number of allylic oxidation sites excluding steroid dienone is 1. The van der Waals surface area contributed by atoms with Gasteiger partial charge in [-0.3, -0.25) is 0 Å². The summed E-state index contributed by atoms with van der Waals surface area (Å²) in [5, 5.41) is 1.57. The summed E-state index contributed by atoms with van der Waals surface area (Å²) >= 11 is 0. The molecule has 0 unspecified atom stereocenters. The molecular weight excluding hydrogens is 263 g/mol. The number of hydrogen-bond donors (Lipinski definition) is 0. The zero-order valence-electron chi connectivity index (χ0n) is 9.64. The van der Waals surface area contributed by atoms with Crippen LogP contribution in [0.15, 0.2) is 54.1 Å². The molecular formula is C14H9F5. The monoisotopic (exact) mass is 272 g/mol. The van der Waals surface area contributed by atoms with E-state index in [1.807, 2.05) is 0 Å². The van der Waals surface area contributed by atoms with E-state index in [-0.39, 0.29) is 5.56 Å². The molecule has 5 heteroatoms. The lowest BCUT2D eigenvalue weighted by Crippen LogP contribution is -2.15. The highest BCUT2D eigenvalue weighted by molar-refractivity contribution is 5.83. The quantitative estimate of drug-likeness (QED) is 0.667. The summed E-state index contributed by atoms with van der Waals surface area (Å²) in [6.45, 7) is 0. The Morgan fingerprint density at radius 2 is 1.53 bits per heavy atom. The predicted molar refractivity (Wildman–Crippen MR) is 62.9 cm³/mol. The van der Waals surface area contributed by atoms with Crippen LogP contribution in [0.2, 0.25) is 0 Å². The molecule has 100 valence electrons. The van der Waals surface area contributed by atoms with Gasteiger partial charge in [-0.05, 0) is 16.3 Å². The Kier molecular flexibility index (Phi) is 3.55. The lowest BCUT2D eigenvalue weighted by molar-refractivity contribution is -0.0967. The van der Waals surface area contributed by atoms with Gasteiger partial charge in [0.15, 0.2) is 0 Å². The van der Waals surface area contributed by atoms with Gasteiger partial charge in [-0.15, -0.1) is 0 Å². The van der Waals surface area contributed by atoms with Crippen LogP contribution >= 0.6 is 0 Å². The minimum Gasteiger partial charge on any atom is -0.173 e. The molecule has 0 aliphatic carbocycles. The molecule has 0 saturated carbocycles. The molecule has 0 aliphatic heterocycles. The Bertz CT molecular complexity index is 621. The van der Waals surface area contributed by atoms with E-state index in [9.17, 15) is 22.0 Å². The molecule has 0 radical (unpaired) electrons. The number of fused-ring (bicyclic) bond motifs is 1. The highest BCUT2D eigenvalue weighted by atomic mass is 19.4. The standard InChI is InChI=1S/C14H9F5/c15-13(16)12(14(17,18)19)8-9-5-6-10-3-1-2-4-11(10)7-9/h1-7H,8H2. The second-order valence-electron chi connectivity index (χ2n) is 4.10. The van der Waals surface area contributed by atoms with Crippen LogP contribution in [-0.4, -0.2) is 6.18 Å². The van der Waals surface area contributed by atoms with Gasteiger partial charge < -0.3 is 0 Å². The highest BCUT2D eigenvalue weighted by Crippen LogP contribution is 2.32. The summed E-state index contributed by atoms with van der Waals surface area (Å²) < 4.78 is 62.0. The number of benzene rings is 2. The molecule has 0 spiro atoms. The molecule has 2 aromatic rings. The van der Waals surface area contributed by atoms with Gasteiger partial charge in [0.1, 0.15) is 5.57 Å². The Hall–Kier alpha value is -1.91. The Labute approximate surface area is 106 Å². The molecule has 0 bridgehead atoms. The SMILES string of the molecule is FC(F)=C(Cc1ccc2ccccc2c1)C(F)(F)F. The van der Waals surface area contributed by atoms with E-state index >= 15 is 0 Å². The first-order valence-electron chi connectivity index (χ1n) is 5.47. The van der Waals surface area contributed by atoms with E-state index in [0.717, 1.165) is 10.8 Å². The normalized spacial score (nSPS) is 11.6. The van der Waals surface area contributed by atoms with Crippen molar-refractivity contribution in [2.75, 3.05) is 0 Å². The maximum absolute atomic E-state index is 12.4. The molecule has 0 heterocycles. The maximum Gasteiger partial charge on any atom is 0.418 e. The van der Waals surface area contributed by atoms with E-state index in [1.165, 1.54) is 12.1 Å². The van der Waals surface area contributed by atoms with Crippen LogP contribution in [0.5, 0.6) is 0 Å². The third-order valence-electron chi connectivity index (χ3n) is 2.77. The summed E-state index contributed by atoms with van der Waals surface area (Å²) in [6, 6.07) is 11.6. The van der Waals surface area contributed by atoms with Gasteiger partial charge in [-0.25, -0.2) is 0 Å². The molecule has 19 heavy (non-hydrogen) atoms. The first kappa shape index (κ1) is 13.5. The van der Waals surface area contributed by atoms with E-state index in [1.54, 1.807) is 30.3 Å². The van der Waals surface area contributed by atoms with Crippen molar-refractivity contribution in [1.82, 2.24) is 0 Å². The number of rotatable bonds is 2. The molecule has 0 aliphatic rings. The second-order valence-corrected chi connectivity index (χ2v) is 4.10. The van der Waals surface area contributed by atoms with Crippen molar-refractivity contribution in [2.24, 2.45) is 0 Å². The lowest BCUT2D eigenvalue weighted by atomic mass is 10.0. The second kappa shape index (κ2) is 4.99. The van der Waals surface area contributed by atoms with Crippen molar-refractivity contribution in [1.29, 1.82) is 0 Å². The minimum atomic E-state index is -5.01. The van der Waals surface area contributed by atoms with Gasteiger partial charge in [0, 0.05) is 6.42 Å². The zero-order valence-corrected chi connectivity index (χ0v) is 9.64. The summed E-state index contributed by atoms with van der Waals surface area (Å²) in [4.78, 5) is 0. The van der Waals surface area contributed by atoms with Gasteiger partial charge in [0.05, 0.1) is 0 Å². The fourth-order valence-corrected chi connectivity index (χ4v) is 1.83. The Morgan fingerprint density at radius 3 is 2.11 bits per heavy atom. The Balaban J connectivity index is 2.38. The van der Waals surface area contributed by atoms with Gasteiger partial charge in [0.2, 0.25) is 0 Å². The topological polar surface area (TPSA) is 0 Å². The molecule has 0 nitrogen and oxygen atoms in total.